The molecule has 5 rings (SSSR count). The Morgan fingerprint density at radius 2 is 0.900 bits per heavy atom. The average Bonchev–Trinajstić information content (AvgIpc) is 3.30. The summed E-state index contributed by atoms with van der Waals surface area (Å²) in [4.78, 5) is 5.66. The third-order valence-electron chi connectivity index (χ3n) is 6.03. The highest BCUT2D eigenvalue weighted by Crippen LogP contribution is 2.31. The molecular weight excluding hydrogens is 400 g/mol. The van der Waals surface area contributed by atoms with E-state index in [-0.39, 0.29) is 0 Å². The van der Waals surface area contributed by atoms with Crippen molar-refractivity contribution >= 4 is 44.2 Å². The second-order valence-corrected chi connectivity index (χ2v) is 11.2. The highest BCUT2D eigenvalue weighted by atomic mass is 32.1. The van der Waals surface area contributed by atoms with Gasteiger partial charge in [-0.2, -0.15) is 0 Å². The Kier molecular flexibility index (Phi) is 5.00. The van der Waals surface area contributed by atoms with Crippen molar-refractivity contribution in [2.45, 2.75) is 40.5 Å². The van der Waals surface area contributed by atoms with Gasteiger partial charge in [-0.15, -0.1) is 22.7 Å². The highest BCUT2D eigenvalue weighted by Gasteiger charge is 2.09. The maximum atomic E-state index is 2.40. The molecule has 0 radical (unpaired) electrons. The van der Waals surface area contributed by atoms with Gasteiger partial charge in [0.25, 0.3) is 0 Å². The first-order chi connectivity index (χ1) is 14.4. The largest absolute Gasteiger partial charge is 0.145 e. The van der Waals surface area contributed by atoms with Crippen molar-refractivity contribution in [3.63, 3.8) is 0 Å². The van der Waals surface area contributed by atoms with Crippen LogP contribution in [0.25, 0.3) is 21.5 Å². The normalized spacial score (nSPS) is 11.6. The van der Waals surface area contributed by atoms with Gasteiger partial charge in [0.05, 0.1) is 0 Å². The van der Waals surface area contributed by atoms with Gasteiger partial charge in [-0.25, -0.2) is 0 Å². The average molecular weight is 427 g/mol. The van der Waals surface area contributed by atoms with Crippen LogP contribution in [0.2, 0.25) is 0 Å². The molecule has 0 nitrogen and oxygen atoms in total. The quantitative estimate of drug-likeness (QED) is 0.253. The molecule has 150 valence electrons. The molecule has 0 bridgehead atoms. The summed E-state index contributed by atoms with van der Waals surface area (Å²) in [6.07, 6.45) is 2.05. The highest BCUT2D eigenvalue weighted by molar-refractivity contribution is 7.12. The fraction of sp³-hybridized carbons (Fsp3) is 0.214. The van der Waals surface area contributed by atoms with Crippen molar-refractivity contribution in [2.75, 3.05) is 0 Å². The van der Waals surface area contributed by atoms with Gasteiger partial charge in [-0.3, -0.25) is 0 Å². The molecule has 3 aromatic carbocycles. The molecule has 0 unspecified atom stereocenters. The fourth-order valence-electron chi connectivity index (χ4n) is 4.34. The number of fused-ring (bicyclic) bond motifs is 2. The zero-order valence-electron chi connectivity index (χ0n) is 18.0. The molecule has 0 fully saturated rings. The first-order valence-corrected chi connectivity index (χ1v) is 12.1. The van der Waals surface area contributed by atoms with E-state index in [2.05, 4.69) is 88.4 Å². The molecule has 30 heavy (non-hydrogen) atoms. The van der Waals surface area contributed by atoms with Crippen LogP contribution in [0.3, 0.4) is 0 Å². The van der Waals surface area contributed by atoms with Crippen LogP contribution in [0.4, 0.5) is 0 Å². The van der Waals surface area contributed by atoms with Gasteiger partial charge in [-0.05, 0) is 108 Å². The molecule has 0 saturated carbocycles. The van der Waals surface area contributed by atoms with Gasteiger partial charge in [0.15, 0.2) is 0 Å². The Morgan fingerprint density at radius 1 is 0.500 bits per heavy atom. The van der Waals surface area contributed by atoms with Crippen molar-refractivity contribution < 1.29 is 0 Å². The van der Waals surface area contributed by atoms with Crippen molar-refractivity contribution in [2.24, 2.45) is 0 Å². The Hall–Kier alpha value is -2.42. The van der Waals surface area contributed by atoms with Gasteiger partial charge >= 0.3 is 0 Å². The number of hydrogen-bond donors (Lipinski definition) is 0. The molecule has 0 atom stereocenters. The Balaban J connectivity index is 1.55. The van der Waals surface area contributed by atoms with E-state index >= 15 is 0 Å². The van der Waals surface area contributed by atoms with Crippen molar-refractivity contribution in [3.8, 4) is 0 Å². The first-order valence-electron chi connectivity index (χ1n) is 10.5. The van der Waals surface area contributed by atoms with Gasteiger partial charge in [0.2, 0.25) is 0 Å². The van der Waals surface area contributed by atoms with Crippen LogP contribution < -0.4 is 0 Å². The Labute approximate surface area is 186 Å². The maximum Gasteiger partial charge on any atom is 0.00919 e. The van der Waals surface area contributed by atoms with Crippen LogP contribution in [-0.2, 0) is 12.8 Å². The summed E-state index contributed by atoms with van der Waals surface area (Å²) >= 11 is 3.81. The molecule has 5 aromatic rings. The molecule has 0 aliphatic carbocycles. The minimum Gasteiger partial charge on any atom is -0.145 e. The molecular formula is C28H26S2. The monoisotopic (exact) mass is 426 g/mol. The lowest BCUT2D eigenvalue weighted by atomic mass is 9.94. The van der Waals surface area contributed by atoms with Crippen LogP contribution in [0, 0.1) is 27.7 Å². The summed E-state index contributed by atoms with van der Waals surface area (Å²) in [5, 5.41) is 5.37. The molecule has 0 aliphatic heterocycles. The summed E-state index contributed by atoms with van der Waals surface area (Å²) < 4.78 is 0. The summed E-state index contributed by atoms with van der Waals surface area (Å²) in [5.41, 5.74) is 5.64. The van der Waals surface area contributed by atoms with Gasteiger partial charge in [0.1, 0.15) is 0 Å². The van der Waals surface area contributed by atoms with Crippen molar-refractivity contribution in [3.05, 3.63) is 102 Å². The minimum atomic E-state index is 1.02. The number of benzene rings is 3. The van der Waals surface area contributed by atoms with E-state index in [1.165, 1.54) is 63.3 Å². The lowest BCUT2D eigenvalue weighted by molar-refractivity contribution is 1.20. The third-order valence-corrected chi connectivity index (χ3v) is 8.03. The van der Waals surface area contributed by atoms with E-state index in [4.69, 9.17) is 0 Å². The number of rotatable bonds is 4. The topological polar surface area (TPSA) is 0 Å². The standard InChI is InChI=1S/C28H26S2/c1-17-9-23-13-26-12-22(16-28-8-6-20(4)30-28)18(2)10-24(26)14-25(23)11-21(17)15-27-7-5-19(3)29-27/h5-14H,15-16H2,1-4H3. The van der Waals surface area contributed by atoms with Crippen LogP contribution in [0.5, 0.6) is 0 Å². The van der Waals surface area contributed by atoms with Crippen LogP contribution in [-0.4, -0.2) is 0 Å². The lowest BCUT2D eigenvalue weighted by Crippen LogP contribution is -1.92. The molecule has 0 aliphatic rings. The minimum absolute atomic E-state index is 1.02. The van der Waals surface area contributed by atoms with Crippen LogP contribution in [0.1, 0.15) is 41.8 Å². The van der Waals surface area contributed by atoms with E-state index in [0.29, 0.717) is 0 Å². The van der Waals surface area contributed by atoms with E-state index in [0.717, 1.165) is 12.8 Å². The molecule has 2 heterocycles. The van der Waals surface area contributed by atoms with Gasteiger partial charge < -0.3 is 0 Å². The number of thiophene rings is 2. The number of hydrogen-bond acceptors (Lipinski definition) is 2. The maximum absolute atomic E-state index is 2.40. The van der Waals surface area contributed by atoms with E-state index in [9.17, 15) is 0 Å². The van der Waals surface area contributed by atoms with E-state index in [1.54, 1.807) is 0 Å². The number of aryl methyl sites for hydroxylation is 4. The van der Waals surface area contributed by atoms with Crippen LogP contribution >= 0.6 is 22.7 Å². The summed E-state index contributed by atoms with van der Waals surface area (Å²) in [6.45, 7) is 8.87. The predicted octanol–water partition coefficient (Wildman–Crippen LogP) is 8.53. The second kappa shape index (κ2) is 7.68. The molecule has 0 N–H and O–H groups in total. The SMILES string of the molecule is Cc1ccc(Cc2cc3cc4cc(C)c(Cc5ccc(C)s5)cc4cc3cc2C)s1. The van der Waals surface area contributed by atoms with Gasteiger partial charge in [0, 0.05) is 32.4 Å². The molecule has 0 spiro atoms. The lowest BCUT2D eigenvalue weighted by Gasteiger charge is -2.12. The van der Waals surface area contributed by atoms with E-state index in [1.807, 2.05) is 22.7 Å². The Morgan fingerprint density at radius 3 is 1.27 bits per heavy atom. The Bertz CT molecular complexity index is 1270. The zero-order chi connectivity index (χ0) is 20.8. The molecule has 0 saturated heterocycles. The molecule has 2 aromatic heterocycles. The summed E-state index contributed by atoms with van der Waals surface area (Å²) in [5.74, 6) is 0. The first kappa shape index (κ1) is 19.5. The predicted molar refractivity (Wildman–Crippen MR) is 135 cm³/mol. The molecule has 0 amide bonds. The smallest absolute Gasteiger partial charge is 0.00919 e. The second-order valence-electron chi connectivity index (χ2n) is 8.48. The van der Waals surface area contributed by atoms with Crippen molar-refractivity contribution in [1.82, 2.24) is 0 Å². The summed E-state index contributed by atoms with van der Waals surface area (Å²) in [7, 11) is 0. The van der Waals surface area contributed by atoms with E-state index < -0.39 is 0 Å². The van der Waals surface area contributed by atoms with Crippen molar-refractivity contribution in [1.29, 1.82) is 0 Å². The third kappa shape index (κ3) is 3.82. The van der Waals surface area contributed by atoms with Gasteiger partial charge in [-0.1, -0.05) is 24.3 Å². The van der Waals surface area contributed by atoms with Crippen LogP contribution in [0.15, 0.2) is 60.7 Å². The molecule has 2 heteroatoms. The fourth-order valence-corrected chi connectivity index (χ4v) is 6.17. The summed E-state index contributed by atoms with van der Waals surface area (Å²) in [6, 6.07) is 23.3. The zero-order valence-corrected chi connectivity index (χ0v) is 19.6.